The summed E-state index contributed by atoms with van der Waals surface area (Å²) in [6, 6.07) is 6.76. The van der Waals surface area contributed by atoms with Gasteiger partial charge >= 0.3 is 11.7 Å². The predicted octanol–water partition coefficient (Wildman–Crippen LogP) is 2.55. The highest BCUT2D eigenvalue weighted by atomic mass is 16.5. The number of aryl methyl sites for hydroxylation is 1. The Morgan fingerprint density at radius 3 is 2.29 bits per heavy atom. The number of nitrogens with zero attached hydrogens (tertiary/aromatic N) is 3. The normalized spacial score (nSPS) is 11.1. The number of hydrogen-bond acceptors (Lipinski definition) is 5. The van der Waals surface area contributed by atoms with E-state index >= 15 is 0 Å². The summed E-state index contributed by atoms with van der Waals surface area (Å²) in [4.78, 5) is 44.9. The van der Waals surface area contributed by atoms with Crippen LogP contribution in [0.15, 0.2) is 33.9 Å². The van der Waals surface area contributed by atoms with Crippen molar-refractivity contribution in [2.75, 3.05) is 6.61 Å². The van der Waals surface area contributed by atoms with Crippen LogP contribution in [0, 0.1) is 0 Å². The molecule has 0 saturated carbocycles. The summed E-state index contributed by atoms with van der Waals surface area (Å²) in [7, 11) is 0. The van der Waals surface area contributed by atoms with Crippen LogP contribution in [0.1, 0.15) is 44.0 Å². The second-order valence-corrected chi connectivity index (χ2v) is 6.47. The first kappa shape index (κ1) is 19.6. The summed E-state index contributed by atoms with van der Waals surface area (Å²) in [5.74, 6) is 0.0823. The molecule has 1 N–H and O–H groups in total. The van der Waals surface area contributed by atoms with Gasteiger partial charge in [0.2, 0.25) is 0 Å². The van der Waals surface area contributed by atoms with E-state index in [0.29, 0.717) is 54.2 Å². The van der Waals surface area contributed by atoms with Gasteiger partial charge in [-0.15, -0.1) is 0 Å². The van der Waals surface area contributed by atoms with Gasteiger partial charge < -0.3 is 9.72 Å². The molecule has 148 valence electrons. The van der Waals surface area contributed by atoms with Crippen LogP contribution in [0.4, 0.5) is 0 Å². The zero-order valence-corrected chi connectivity index (χ0v) is 16.3. The third kappa shape index (κ3) is 3.49. The molecule has 1 aromatic carbocycles. The van der Waals surface area contributed by atoms with E-state index in [9.17, 15) is 14.4 Å². The van der Waals surface area contributed by atoms with Crippen molar-refractivity contribution in [3.05, 3.63) is 50.7 Å². The molecule has 2 aromatic heterocycles. The summed E-state index contributed by atoms with van der Waals surface area (Å²) in [5, 5.41) is 0. The molecule has 3 aromatic rings. The number of nitrogens with one attached hydrogen (secondary N) is 1. The lowest BCUT2D eigenvalue weighted by Gasteiger charge is -2.09. The van der Waals surface area contributed by atoms with Crippen LogP contribution in [0.5, 0.6) is 0 Å². The molecule has 0 spiro atoms. The fourth-order valence-corrected chi connectivity index (χ4v) is 3.13. The Morgan fingerprint density at radius 2 is 1.68 bits per heavy atom. The Kier molecular flexibility index (Phi) is 5.77. The van der Waals surface area contributed by atoms with E-state index in [2.05, 4.69) is 9.97 Å². The molecule has 8 nitrogen and oxygen atoms in total. The zero-order valence-electron chi connectivity index (χ0n) is 16.3. The van der Waals surface area contributed by atoms with Gasteiger partial charge in [0, 0.05) is 18.7 Å². The third-order valence-corrected chi connectivity index (χ3v) is 4.43. The molecular formula is C20H24N4O4. The molecule has 0 amide bonds. The predicted molar refractivity (Wildman–Crippen MR) is 107 cm³/mol. The van der Waals surface area contributed by atoms with Crippen LogP contribution in [-0.2, 0) is 17.8 Å². The lowest BCUT2D eigenvalue weighted by Crippen LogP contribution is -2.40. The van der Waals surface area contributed by atoms with E-state index in [1.54, 1.807) is 35.8 Å². The molecule has 0 aliphatic rings. The van der Waals surface area contributed by atoms with Gasteiger partial charge in [-0.2, -0.15) is 0 Å². The number of carbonyl (C=O) groups excluding carboxylic acids is 1. The highest BCUT2D eigenvalue weighted by Gasteiger charge is 2.17. The standard InChI is InChI=1S/C20H24N4O4/c1-4-11-23-17-15(18(25)24(12-5-2)20(23)27)21-16(22-17)13-7-9-14(10-8-13)19(26)28-6-3/h7-10H,4-6,11-12H2,1-3H3,(H,21,22). The minimum Gasteiger partial charge on any atom is -0.462 e. The number of rotatable bonds is 7. The highest BCUT2D eigenvalue weighted by molar-refractivity contribution is 5.90. The van der Waals surface area contributed by atoms with Crippen LogP contribution in [0.2, 0.25) is 0 Å². The molecule has 8 heteroatoms. The molecule has 28 heavy (non-hydrogen) atoms. The van der Waals surface area contributed by atoms with Crippen LogP contribution >= 0.6 is 0 Å². The van der Waals surface area contributed by atoms with Crippen molar-refractivity contribution < 1.29 is 9.53 Å². The van der Waals surface area contributed by atoms with E-state index in [-0.39, 0.29) is 11.2 Å². The molecule has 0 radical (unpaired) electrons. The van der Waals surface area contributed by atoms with Gasteiger partial charge in [-0.3, -0.25) is 13.9 Å². The van der Waals surface area contributed by atoms with Gasteiger partial charge in [0.05, 0.1) is 12.2 Å². The van der Waals surface area contributed by atoms with Gasteiger partial charge in [-0.05, 0) is 31.9 Å². The number of fused-ring (bicyclic) bond motifs is 1. The number of carbonyl (C=O) groups is 1. The SMILES string of the molecule is CCCn1c(=O)c2[nH]c(-c3ccc(C(=O)OCC)cc3)nc2n(CCC)c1=O. The summed E-state index contributed by atoms with van der Waals surface area (Å²) in [5.41, 5.74) is 1.11. The zero-order chi connectivity index (χ0) is 20.3. The molecule has 0 unspecified atom stereocenters. The quantitative estimate of drug-likeness (QED) is 0.631. The van der Waals surface area contributed by atoms with Crippen molar-refractivity contribution in [3.63, 3.8) is 0 Å². The largest absolute Gasteiger partial charge is 0.462 e. The number of imidazole rings is 1. The molecule has 0 aliphatic heterocycles. The lowest BCUT2D eigenvalue weighted by molar-refractivity contribution is 0.0526. The Balaban J connectivity index is 2.12. The maximum Gasteiger partial charge on any atom is 0.338 e. The number of benzene rings is 1. The lowest BCUT2D eigenvalue weighted by atomic mass is 10.1. The van der Waals surface area contributed by atoms with Crippen molar-refractivity contribution in [2.24, 2.45) is 0 Å². The van der Waals surface area contributed by atoms with Gasteiger partial charge in [-0.25, -0.2) is 14.6 Å². The number of ether oxygens (including phenoxy) is 1. The third-order valence-electron chi connectivity index (χ3n) is 4.43. The molecule has 0 aliphatic carbocycles. The van der Waals surface area contributed by atoms with E-state index < -0.39 is 5.97 Å². The van der Waals surface area contributed by atoms with E-state index in [1.807, 2.05) is 13.8 Å². The smallest absolute Gasteiger partial charge is 0.338 e. The summed E-state index contributed by atoms with van der Waals surface area (Å²) < 4.78 is 7.78. The maximum atomic E-state index is 12.8. The number of hydrogen-bond donors (Lipinski definition) is 1. The van der Waals surface area contributed by atoms with E-state index in [1.165, 1.54) is 4.57 Å². The fourth-order valence-electron chi connectivity index (χ4n) is 3.13. The maximum absolute atomic E-state index is 12.8. The first-order valence-corrected chi connectivity index (χ1v) is 9.52. The van der Waals surface area contributed by atoms with Crippen molar-refractivity contribution in [1.82, 2.24) is 19.1 Å². The molecule has 3 rings (SSSR count). The van der Waals surface area contributed by atoms with Crippen molar-refractivity contribution >= 4 is 17.1 Å². The van der Waals surface area contributed by atoms with Crippen LogP contribution < -0.4 is 11.2 Å². The second-order valence-electron chi connectivity index (χ2n) is 6.47. The summed E-state index contributed by atoms with van der Waals surface area (Å²) in [6.45, 7) is 6.79. The number of aromatic nitrogens is 4. The van der Waals surface area contributed by atoms with Gasteiger partial charge in [0.25, 0.3) is 5.56 Å². The average Bonchev–Trinajstić information content (AvgIpc) is 3.14. The van der Waals surface area contributed by atoms with Crippen LogP contribution in [-0.4, -0.2) is 31.7 Å². The van der Waals surface area contributed by atoms with Gasteiger partial charge in [0.1, 0.15) is 11.3 Å². The Morgan fingerprint density at radius 1 is 1.04 bits per heavy atom. The van der Waals surface area contributed by atoms with Crippen molar-refractivity contribution in [3.8, 4) is 11.4 Å². The van der Waals surface area contributed by atoms with Crippen molar-refractivity contribution in [1.29, 1.82) is 0 Å². The molecule has 0 bridgehead atoms. The average molecular weight is 384 g/mol. The fraction of sp³-hybridized carbons (Fsp3) is 0.400. The molecule has 0 atom stereocenters. The van der Waals surface area contributed by atoms with E-state index in [4.69, 9.17) is 4.74 Å². The first-order valence-electron chi connectivity index (χ1n) is 9.52. The summed E-state index contributed by atoms with van der Waals surface area (Å²) >= 11 is 0. The molecule has 0 fully saturated rings. The molecule has 2 heterocycles. The monoisotopic (exact) mass is 384 g/mol. The summed E-state index contributed by atoms with van der Waals surface area (Å²) in [6.07, 6.45) is 1.43. The Bertz CT molecular complexity index is 1110. The van der Waals surface area contributed by atoms with E-state index in [0.717, 1.165) is 6.42 Å². The molecule has 0 saturated heterocycles. The van der Waals surface area contributed by atoms with Gasteiger partial charge in [0.15, 0.2) is 5.65 Å². The topological polar surface area (TPSA) is 99.0 Å². The van der Waals surface area contributed by atoms with Gasteiger partial charge in [-0.1, -0.05) is 26.0 Å². The Labute approximate surface area is 161 Å². The van der Waals surface area contributed by atoms with Crippen LogP contribution in [0.3, 0.4) is 0 Å². The minimum atomic E-state index is -0.391. The number of H-pyrrole nitrogens is 1. The second kappa shape index (κ2) is 8.24. The Hall–Kier alpha value is -3.16. The minimum absolute atomic E-state index is 0.309. The van der Waals surface area contributed by atoms with Crippen molar-refractivity contribution in [2.45, 2.75) is 46.7 Å². The molecular weight excluding hydrogens is 360 g/mol. The number of esters is 1. The first-order chi connectivity index (χ1) is 13.5. The highest BCUT2D eigenvalue weighted by Crippen LogP contribution is 2.19. The number of aromatic amines is 1. The van der Waals surface area contributed by atoms with Crippen LogP contribution in [0.25, 0.3) is 22.6 Å².